The van der Waals surface area contributed by atoms with E-state index in [2.05, 4.69) is 0 Å². The first-order chi connectivity index (χ1) is 13.9. The molecule has 2 aromatic carbocycles. The van der Waals surface area contributed by atoms with Gasteiger partial charge in [0.2, 0.25) is 0 Å². The van der Waals surface area contributed by atoms with E-state index in [0.29, 0.717) is 32.0 Å². The van der Waals surface area contributed by atoms with Crippen LogP contribution in [0.1, 0.15) is 16.9 Å². The molecule has 2 amide bonds. The van der Waals surface area contributed by atoms with Crippen molar-refractivity contribution in [2.45, 2.75) is 13.5 Å². The molecule has 0 aliphatic carbocycles. The van der Waals surface area contributed by atoms with Gasteiger partial charge in [-0.15, -0.1) is 0 Å². The highest BCUT2D eigenvalue weighted by molar-refractivity contribution is 8.18. The number of nitrogens with zero attached hydrogens (tertiary/aromatic N) is 1. The molecule has 0 atom stereocenters. The van der Waals surface area contributed by atoms with Gasteiger partial charge in [0.25, 0.3) is 11.1 Å². The van der Waals surface area contributed by atoms with Gasteiger partial charge in [-0.05, 0) is 54.1 Å². The summed E-state index contributed by atoms with van der Waals surface area (Å²) < 4.78 is 5.83. The Hall–Kier alpha value is -2.47. The highest BCUT2D eigenvalue weighted by atomic mass is 35.5. The average molecular weight is 444 g/mol. The molecule has 1 aromatic heterocycles. The number of amides is 2. The Balaban J connectivity index is 1.55. The predicted octanol–water partition coefficient (Wildman–Crippen LogP) is 6.80. The summed E-state index contributed by atoms with van der Waals surface area (Å²) in [5, 5.41) is 0.836. The van der Waals surface area contributed by atoms with Crippen LogP contribution < -0.4 is 0 Å². The first kappa shape index (κ1) is 19.8. The van der Waals surface area contributed by atoms with Crippen LogP contribution in [-0.2, 0) is 11.3 Å². The van der Waals surface area contributed by atoms with Crippen molar-refractivity contribution in [1.82, 2.24) is 4.90 Å². The van der Waals surface area contributed by atoms with Gasteiger partial charge >= 0.3 is 0 Å². The second kappa shape index (κ2) is 8.11. The summed E-state index contributed by atoms with van der Waals surface area (Å²) in [6.45, 7) is 2.06. The number of halogens is 2. The van der Waals surface area contributed by atoms with Gasteiger partial charge in [0.05, 0.1) is 11.4 Å². The number of carbonyl (C=O) groups excluding carboxylic acids is 2. The zero-order chi connectivity index (χ0) is 20.5. The maximum atomic E-state index is 12.7. The van der Waals surface area contributed by atoms with Crippen LogP contribution in [0.15, 0.2) is 63.9 Å². The second-order valence-corrected chi connectivity index (χ2v) is 8.33. The molecule has 0 unspecified atom stereocenters. The summed E-state index contributed by atoms with van der Waals surface area (Å²) in [5.74, 6) is 0.754. The van der Waals surface area contributed by atoms with Gasteiger partial charge in [-0.25, -0.2) is 0 Å². The van der Waals surface area contributed by atoms with E-state index in [4.69, 9.17) is 27.6 Å². The standard InChI is InChI=1S/C22H15Cl2NO3S/c1-13-6-7-14(10-18(13)24)19-9-8-16(28-19)11-20-21(26)25(22(27)29-20)12-15-4-2-3-5-17(15)23/h2-11H,12H2,1H3/b20-11-. The predicted molar refractivity (Wildman–Crippen MR) is 117 cm³/mol. The summed E-state index contributed by atoms with van der Waals surface area (Å²) in [5.41, 5.74) is 2.54. The third-order valence-corrected chi connectivity index (χ3v) is 6.20. The molecule has 29 heavy (non-hydrogen) atoms. The highest BCUT2D eigenvalue weighted by Gasteiger charge is 2.35. The van der Waals surface area contributed by atoms with E-state index in [-0.39, 0.29) is 17.7 Å². The summed E-state index contributed by atoms with van der Waals surface area (Å²) in [4.78, 5) is 26.5. The van der Waals surface area contributed by atoms with Crippen LogP contribution in [0.5, 0.6) is 0 Å². The maximum Gasteiger partial charge on any atom is 0.293 e. The van der Waals surface area contributed by atoms with Crippen LogP contribution in [0, 0.1) is 6.92 Å². The van der Waals surface area contributed by atoms with Crippen molar-refractivity contribution in [1.29, 1.82) is 0 Å². The molecule has 1 fully saturated rings. The first-order valence-electron chi connectivity index (χ1n) is 8.77. The number of benzene rings is 2. The fourth-order valence-electron chi connectivity index (χ4n) is 2.89. The molecule has 1 aliphatic heterocycles. The lowest BCUT2D eigenvalue weighted by Crippen LogP contribution is -2.27. The smallest absolute Gasteiger partial charge is 0.293 e. The van der Waals surface area contributed by atoms with E-state index >= 15 is 0 Å². The number of furan rings is 1. The third-order valence-electron chi connectivity index (χ3n) is 4.52. The van der Waals surface area contributed by atoms with Crippen molar-refractivity contribution in [3.8, 4) is 11.3 Å². The van der Waals surface area contributed by atoms with Crippen molar-refractivity contribution in [2.75, 3.05) is 0 Å². The minimum Gasteiger partial charge on any atom is -0.457 e. The fraction of sp³-hybridized carbons (Fsp3) is 0.0909. The van der Waals surface area contributed by atoms with Crippen LogP contribution in [-0.4, -0.2) is 16.0 Å². The molecule has 4 rings (SSSR count). The Morgan fingerprint density at radius 2 is 1.83 bits per heavy atom. The van der Waals surface area contributed by atoms with Crippen LogP contribution in [0.4, 0.5) is 4.79 Å². The van der Waals surface area contributed by atoms with Gasteiger partial charge in [-0.2, -0.15) is 0 Å². The number of hydrogen-bond acceptors (Lipinski definition) is 4. The molecule has 1 saturated heterocycles. The van der Waals surface area contributed by atoms with Gasteiger partial charge in [-0.1, -0.05) is 53.5 Å². The molecule has 0 radical (unpaired) electrons. The molecule has 4 nitrogen and oxygen atoms in total. The van der Waals surface area contributed by atoms with E-state index in [1.54, 1.807) is 36.4 Å². The normalized spacial score (nSPS) is 15.6. The minimum atomic E-state index is -0.365. The monoisotopic (exact) mass is 443 g/mol. The van der Waals surface area contributed by atoms with Gasteiger partial charge < -0.3 is 4.42 Å². The van der Waals surface area contributed by atoms with Crippen LogP contribution in [0.2, 0.25) is 10.0 Å². The molecule has 0 N–H and O–H groups in total. The Morgan fingerprint density at radius 1 is 1.03 bits per heavy atom. The summed E-state index contributed by atoms with van der Waals surface area (Å²) in [7, 11) is 0. The van der Waals surface area contributed by atoms with E-state index in [1.807, 2.05) is 31.2 Å². The molecule has 0 spiro atoms. The van der Waals surface area contributed by atoms with Gasteiger partial charge in [0.1, 0.15) is 11.5 Å². The minimum absolute atomic E-state index is 0.132. The molecule has 146 valence electrons. The SMILES string of the molecule is Cc1ccc(-c2ccc(/C=C3\SC(=O)N(Cc4ccccc4Cl)C3=O)o2)cc1Cl. The van der Waals surface area contributed by atoms with Crippen LogP contribution in [0.3, 0.4) is 0 Å². The number of aryl methyl sites for hydroxylation is 1. The summed E-state index contributed by atoms with van der Waals surface area (Å²) in [6.07, 6.45) is 1.58. The summed E-state index contributed by atoms with van der Waals surface area (Å²) in [6, 6.07) is 16.4. The second-order valence-electron chi connectivity index (χ2n) is 6.53. The topological polar surface area (TPSA) is 50.5 Å². The Bertz CT molecular complexity index is 1150. The molecule has 0 bridgehead atoms. The number of imide groups is 1. The van der Waals surface area contributed by atoms with Crippen molar-refractivity contribution in [3.63, 3.8) is 0 Å². The molecular weight excluding hydrogens is 429 g/mol. The van der Waals surface area contributed by atoms with Crippen LogP contribution >= 0.6 is 35.0 Å². The lowest BCUT2D eigenvalue weighted by Gasteiger charge is -2.13. The number of carbonyl (C=O) groups is 2. The number of hydrogen-bond donors (Lipinski definition) is 0. The molecule has 3 aromatic rings. The molecule has 1 aliphatic rings. The van der Waals surface area contributed by atoms with Crippen molar-refractivity contribution in [2.24, 2.45) is 0 Å². The Kier molecular flexibility index (Phi) is 5.54. The van der Waals surface area contributed by atoms with E-state index < -0.39 is 0 Å². The van der Waals surface area contributed by atoms with Crippen LogP contribution in [0.25, 0.3) is 17.4 Å². The number of rotatable bonds is 4. The van der Waals surface area contributed by atoms with Crippen molar-refractivity contribution >= 4 is 52.2 Å². The Labute approximate surface area is 182 Å². The molecular formula is C22H15Cl2NO3S. The third kappa shape index (κ3) is 4.13. The summed E-state index contributed by atoms with van der Waals surface area (Å²) >= 11 is 13.2. The lowest BCUT2D eigenvalue weighted by atomic mass is 10.1. The first-order valence-corrected chi connectivity index (χ1v) is 10.3. The average Bonchev–Trinajstić information content (AvgIpc) is 3.26. The number of thioether (sulfide) groups is 1. The van der Waals surface area contributed by atoms with E-state index in [1.165, 1.54) is 4.90 Å². The van der Waals surface area contributed by atoms with Gasteiger partial charge in [-0.3, -0.25) is 14.5 Å². The maximum absolute atomic E-state index is 12.7. The highest BCUT2D eigenvalue weighted by Crippen LogP contribution is 2.35. The molecule has 7 heteroatoms. The lowest BCUT2D eigenvalue weighted by molar-refractivity contribution is -0.123. The van der Waals surface area contributed by atoms with Crippen molar-refractivity contribution in [3.05, 3.63) is 86.4 Å². The molecule has 0 saturated carbocycles. The van der Waals surface area contributed by atoms with Gasteiger partial charge in [0, 0.05) is 21.7 Å². The zero-order valence-corrected chi connectivity index (χ0v) is 17.6. The van der Waals surface area contributed by atoms with E-state index in [9.17, 15) is 9.59 Å². The van der Waals surface area contributed by atoms with E-state index in [0.717, 1.165) is 22.9 Å². The quantitative estimate of drug-likeness (QED) is 0.416. The van der Waals surface area contributed by atoms with Crippen molar-refractivity contribution < 1.29 is 14.0 Å². The molecule has 2 heterocycles. The largest absolute Gasteiger partial charge is 0.457 e. The zero-order valence-electron chi connectivity index (χ0n) is 15.3. The fourth-order valence-corrected chi connectivity index (χ4v) is 4.09. The Morgan fingerprint density at radius 3 is 2.59 bits per heavy atom. The van der Waals surface area contributed by atoms with Gasteiger partial charge in [0.15, 0.2) is 0 Å².